The fourth-order valence-corrected chi connectivity index (χ4v) is 2.06. The molecule has 0 aromatic carbocycles. The number of carbonyl (C=O) groups is 1. The summed E-state index contributed by atoms with van der Waals surface area (Å²) in [7, 11) is 3.23. The van der Waals surface area contributed by atoms with Crippen LogP contribution in [0, 0.1) is 0 Å². The number of carbonyl (C=O) groups excluding carboxylic acids is 1. The minimum atomic E-state index is -0.426. The van der Waals surface area contributed by atoms with E-state index < -0.39 is 5.97 Å². The van der Waals surface area contributed by atoms with Crippen molar-refractivity contribution in [3.63, 3.8) is 0 Å². The topological polar surface area (TPSA) is 64.5 Å². The number of methoxy groups -OCH3 is 1. The van der Waals surface area contributed by atoms with Crippen LogP contribution in [0.5, 0.6) is 0 Å². The highest BCUT2D eigenvalue weighted by Gasteiger charge is 2.21. The molecule has 2 rings (SSSR count). The average molecular weight is 251 g/mol. The van der Waals surface area contributed by atoms with Crippen molar-refractivity contribution in [1.82, 2.24) is 9.97 Å². The van der Waals surface area contributed by atoms with Crippen LogP contribution in [0.15, 0.2) is 12.5 Å². The maximum Gasteiger partial charge on any atom is 0.343 e. The van der Waals surface area contributed by atoms with E-state index in [9.17, 15) is 4.79 Å². The van der Waals surface area contributed by atoms with Gasteiger partial charge in [-0.3, -0.25) is 0 Å². The second kappa shape index (κ2) is 5.77. The molecule has 0 radical (unpaired) electrons. The van der Waals surface area contributed by atoms with Gasteiger partial charge in [-0.1, -0.05) is 0 Å². The smallest absolute Gasteiger partial charge is 0.343 e. The maximum atomic E-state index is 11.6. The van der Waals surface area contributed by atoms with Gasteiger partial charge < -0.3 is 14.4 Å². The van der Waals surface area contributed by atoms with E-state index in [2.05, 4.69) is 9.97 Å². The number of anilines is 1. The number of nitrogens with zero attached hydrogens (tertiary/aromatic N) is 3. The lowest BCUT2D eigenvalue weighted by Crippen LogP contribution is -2.30. The van der Waals surface area contributed by atoms with Gasteiger partial charge in [0.15, 0.2) is 0 Å². The van der Waals surface area contributed by atoms with Crippen LogP contribution in [0.1, 0.15) is 23.2 Å². The zero-order valence-electron chi connectivity index (χ0n) is 10.6. The second-order valence-corrected chi connectivity index (χ2v) is 4.27. The number of rotatable bonds is 4. The van der Waals surface area contributed by atoms with Gasteiger partial charge in [-0.15, -0.1) is 0 Å². The predicted octanol–water partition coefficient (Wildman–Crippen LogP) is 0.878. The van der Waals surface area contributed by atoms with Gasteiger partial charge in [0.2, 0.25) is 0 Å². The molecule has 1 aromatic heterocycles. The molecule has 0 spiro atoms. The molecule has 1 atom stereocenters. The van der Waals surface area contributed by atoms with E-state index in [1.807, 2.05) is 11.9 Å². The summed E-state index contributed by atoms with van der Waals surface area (Å²) in [6, 6.07) is 0. The second-order valence-electron chi connectivity index (χ2n) is 4.27. The van der Waals surface area contributed by atoms with Crippen molar-refractivity contribution in [1.29, 1.82) is 0 Å². The van der Waals surface area contributed by atoms with Gasteiger partial charge in [0.05, 0.1) is 13.2 Å². The quantitative estimate of drug-likeness (QED) is 0.740. The van der Waals surface area contributed by atoms with Crippen LogP contribution in [0.4, 0.5) is 5.82 Å². The summed E-state index contributed by atoms with van der Waals surface area (Å²) in [6.45, 7) is 1.52. The van der Waals surface area contributed by atoms with E-state index in [4.69, 9.17) is 9.47 Å². The fourth-order valence-electron chi connectivity index (χ4n) is 2.06. The Morgan fingerprint density at radius 1 is 1.67 bits per heavy atom. The molecule has 98 valence electrons. The van der Waals surface area contributed by atoms with E-state index in [1.165, 1.54) is 19.6 Å². The Morgan fingerprint density at radius 3 is 3.17 bits per heavy atom. The van der Waals surface area contributed by atoms with Gasteiger partial charge >= 0.3 is 5.97 Å². The first-order valence-electron chi connectivity index (χ1n) is 5.93. The molecule has 0 saturated carbocycles. The van der Waals surface area contributed by atoms with Crippen LogP contribution in [-0.2, 0) is 9.47 Å². The highest BCUT2D eigenvalue weighted by Crippen LogP contribution is 2.19. The molecule has 0 bridgehead atoms. The highest BCUT2D eigenvalue weighted by atomic mass is 16.5. The average Bonchev–Trinajstić information content (AvgIpc) is 2.90. The molecule has 18 heavy (non-hydrogen) atoms. The third-order valence-electron chi connectivity index (χ3n) is 2.96. The Kier molecular flexibility index (Phi) is 4.09. The Balaban J connectivity index is 2.13. The van der Waals surface area contributed by atoms with Crippen molar-refractivity contribution >= 4 is 11.8 Å². The first-order chi connectivity index (χ1) is 8.72. The summed E-state index contributed by atoms with van der Waals surface area (Å²) < 4.78 is 10.3. The Bertz CT molecular complexity index is 419. The predicted molar refractivity (Wildman–Crippen MR) is 65.6 cm³/mol. The van der Waals surface area contributed by atoms with Crippen molar-refractivity contribution in [3.8, 4) is 0 Å². The van der Waals surface area contributed by atoms with Crippen molar-refractivity contribution in [2.75, 3.05) is 32.2 Å². The molecule has 6 heteroatoms. The van der Waals surface area contributed by atoms with Crippen molar-refractivity contribution < 1.29 is 14.3 Å². The third kappa shape index (κ3) is 2.76. The lowest BCUT2D eigenvalue weighted by Gasteiger charge is -2.22. The Labute approximate surface area is 106 Å². The van der Waals surface area contributed by atoms with Crippen LogP contribution < -0.4 is 4.90 Å². The van der Waals surface area contributed by atoms with Crippen LogP contribution in [-0.4, -0.2) is 49.4 Å². The zero-order chi connectivity index (χ0) is 13.0. The normalized spacial score (nSPS) is 18.7. The molecule has 6 nitrogen and oxygen atoms in total. The summed E-state index contributed by atoms with van der Waals surface area (Å²) in [5.74, 6) is 0.150. The number of aromatic nitrogens is 2. The van der Waals surface area contributed by atoms with Gasteiger partial charge in [0.1, 0.15) is 17.7 Å². The molecule has 1 aliphatic heterocycles. The van der Waals surface area contributed by atoms with Crippen molar-refractivity contribution in [2.45, 2.75) is 18.9 Å². The summed E-state index contributed by atoms with van der Waals surface area (Å²) in [5.41, 5.74) is 0.375. The Morgan fingerprint density at radius 2 is 2.50 bits per heavy atom. The molecule has 0 aliphatic carbocycles. The summed E-state index contributed by atoms with van der Waals surface area (Å²) in [6.07, 6.45) is 5.23. The molecule has 2 heterocycles. The largest absolute Gasteiger partial charge is 0.465 e. The standard InChI is InChI=1S/C12H17N3O3/c1-15(7-9-4-3-5-18-9)11-10(12(16)17-2)6-13-8-14-11/h6,8-9H,3-5,7H2,1-2H3. The lowest BCUT2D eigenvalue weighted by molar-refractivity contribution is 0.0600. The Hall–Kier alpha value is -1.69. The van der Waals surface area contributed by atoms with E-state index in [0.29, 0.717) is 17.9 Å². The third-order valence-corrected chi connectivity index (χ3v) is 2.96. The number of hydrogen-bond donors (Lipinski definition) is 0. The number of ether oxygens (including phenoxy) is 2. The lowest BCUT2D eigenvalue weighted by atomic mass is 10.2. The molecule has 1 fully saturated rings. The van der Waals surface area contributed by atoms with E-state index >= 15 is 0 Å². The van der Waals surface area contributed by atoms with E-state index in [-0.39, 0.29) is 6.10 Å². The SMILES string of the molecule is COC(=O)c1cncnc1N(C)CC1CCCO1. The zero-order valence-corrected chi connectivity index (χ0v) is 10.6. The van der Waals surface area contributed by atoms with Gasteiger partial charge in [-0.05, 0) is 12.8 Å². The number of esters is 1. The summed E-state index contributed by atoms with van der Waals surface area (Å²) >= 11 is 0. The molecular formula is C12H17N3O3. The first-order valence-corrected chi connectivity index (χ1v) is 5.93. The number of hydrogen-bond acceptors (Lipinski definition) is 6. The minimum Gasteiger partial charge on any atom is -0.465 e. The van der Waals surface area contributed by atoms with Crippen LogP contribution >= 0.6 is 0 Å². The molecule has 0 N–H and O–H groups in total. The van der Waals surface area contributed by atoms with Gasteiger partial charge in [0.25, 0.3) is 0 Å². The molecule has 1 aromatic rings. The van der Waals surface area contributed by atoms with Gasteiger partial charge in [-0.2, -0.15) is 0 Å². The first kappa shape index (κ1) is 12.8. The minimum absolute atomic E-state index is 0.204. The number of likely N-dealkylation sites (N-methyl/N-ethyl adjacent to an activating group) is 1. The molecule has 1 saturated heterocycles. The maximum absolute atomic E-state index is 11.6. The summed E-state index contributed by atoms with van der Waals surface area (Å²) in [4.78, 5) is 21.5. The van der Waals surface area contributed by atoms with Gasteiger partial charge in [0, 0.05) is 26.4 Å². The van der Waals surface area contributed by atoms with E-state index in [0.717, 1.165) is 19.4 Å². The molecular weight excluding hydrogens is 234 g/mol. The van der Waals surface area contributed by atoms with Crippen LogP contribution in [0.2, 0.25) is 0 Å². The van der Waals surface area contributed by atoms with E-state index in [1.54, 1.807) is 0 Å². The molecule has 1 unspecified atom stereocenters. The monoisotopic (exact) mass is 251 g/mol. The summed E-state index contributed by atoms with van der Waals surface area (Å²) in [5, 5.41) is 0. The van der Waals surface area contributed by atoms with Crippen molar-refractivity contribution in [2.24, 2.45) is 0 Å². The molecule has 0 amide bonds. The highest BCUT2D eigenvalue weighted by molar-refractivity contribution is 5.94. The molecule has 1 aliphatic rings. The van der Waals surface area contributed by atoms with Crippen LogP contribution in [0.25, 0.3) is 0 Å². The van der Waals surface area contributed by atoms with Gasteiger partial charge in [-0.25, -0.2) is 14.8 Å². The van der Waals surface area contributed by atoms with Crippen LogP contribution in [0.3, 0.4) is 0 Å². The van der Waals surface area contributed by atoms with Crippen molar-refractivity contribution in [3.05, 3.63) is 18.1 Å². The fraction of sp³-hybridized carbons (Fsp3) is 0.583.